The Bertz CT molecular complexity index is 639. The van der Waals surface area contributed by atoms with Gasteiger partial charge in [-0.05, 0) is 37.2 Å². The molecule has 1 N–H and O–H groups in total. The van der Waals surface area contributed by atoms with E-state index in [9.17, 15) is 9.90 Å². The van der Waals surface area contributed by atoms with E-state index in [0.29, 0.717) is 31.4 Å². The van der Waals surface area contributed by atoms with E-state index < -0.39 is 0 Å². The van der Waals surface area contributed by atoms with Crippen LogP contribution >= 0.6 is 0 Å². The maximum Gasteiger partial charge on any atom is 0.223 e. The lowest BCUT2D eigenvalue weighted by atomic mass is 9.86. The fraction of sp³-hybridized carbons (Fsp3) is 0.708. The van der Waals surface area contributed by atoms with Gasteiger partial charge in [-0.15, -0.1) is 0 Å². The van der Waals surface area contributed by atoms with Crippen LogP contribution in [0.3, 0.4) is 0 Å². The number of carbonyl (C=O) groups is 1. The molecule has 2 atom stereocenters. The molecule has 4 rings (SSSR count). The molecule has 0 radical (unpaired) electrons. The first-order chi connectivity index (χ1) is 14.2. The van der Waals surface area contributed by atoms with E-state index in [1.54, 1.807) is 0 Å². The molecular weight excluding hydrogens is 364 g/mol. The Balaban J connectivity index is 1.49. The van der Waals surface area contributed by atoms with Gasteiger partial charge in [-0.3, -0.25) is 4.79 Å². The van der Waals surface area contributed by atoms with E-state index in [0.717, 1.165) is 32.5 Å². The smallest absolute Gasteiger partial charge is 0.223 e. The maximum absolute atomic E-state index is 13.4. The van der Waals surface area contributed by atoms with Crippen molar-refractivity contribution in [1.82, 2.24) is 9.80 Å². The van der Waals surface area contributed by atoms with Crippen LogP contribution in [0.15, 0.2) is 30.3 Å². The number of benzene rings is 1. The van der Waals surface area contributed by atoms with Gasteiger partial charge >= 0.3 is 0 Å². The summed E-state index contributed by atoms with van der Waals surface area (Å²) in [6.07, 6.45) is 8.41. The van der Waals surface area contributed by atoms with Crippen LogP contribution in [0.25, 0.3) is 0 Å². The zero-order valence-electron chi connectivity index (χ0n) is 17.5. The Morgan fingerprint density at radius 3 is 2.45 bits per heavy atom. The van der Waals surface area contributed by atoms with Crippen molar-refractivity contribution in [2.24, 2.45) is 5.92 Å². The summed E-state index contributed by atoms with van der Waals surface area (Å²) in [4.78, 5) is 17.9. The van der Waals surface area contributed by atoms with Crippen molar-refractivity contribution in [3.63, 3.8) is 0 Å². The molecule has 1 aromatic carbocycles. The molecule has 0 bridgehead atoms. The van der Waals surface area contributed by atoms with Gasteiger partial charge in [0.15, 0.2) is 0 Å². The SMILES string of the molecule is O=C(CC1CCCCC1)N1CCO[C@@H](CN2CCC(O)CC2)[C@@H]1c1ccccc1. The molecule has 1 amide bonds. The highest BCUT2D eigenvalue weighted by Crippen LogP contribution is 2.33. The summed E-state index contributed by atoms with van der Waals surface area (Å²) in [5.41, 5.74) is 1.17. The summed E-state index contributed by atoms with van der Waals surface area (Å²) in [5, 5.41) is 9.82. The topological polar surface area (TPSA) is 53.0 Å². The Morgan fingerprint density at radius 2 is 1.72 bits per heavy atom. The van der Waals surface area contributed by atoms with Crippen molar-refractivity contribution in [2.75, 3.05) is 32.8 Å². The molecule has 2 saturated heterocycles. The van der Waals surface area contributed by atoms with Crippen molar-refractivity contribution < 1.29 is 14.6 Å². The normalized spacial score (nSPS) is 27.8. The molecule has 160 valence electrons. The molecule has 0 unspecified atom stereocenters. The van der Waals surface area contributed by atoms with Crippen molar-refractivity contribution in [1.29, 1.82) is 0 Å². The molecule has 1 aromatic rings. The van der Waals surface area contributed by atoms with Crippen LogP contribution in [-0.4, -0.2) is 65.8 Å². The summed E-state index contributed by atoms with van der Waals surface area (Å²) in [6, 6.07) is 10.4. The van der Waals surface area contributed by atoms with Gasteiger partial charge in [-0.25, -0.2) is 0 Å². The molecule has 0 aromatic heterocycles. The number of likely N-dealkylation sites (tertiary alicyclic amines) is 1. The van der Waals surface area contributed by atoms with Crippen molar-refractivity contribution in [3.8, 4) is 0 Å². The van der Waals surface area contributed by atoms with Gasteiger partial charge in [0.25, 0.3) is 0 Å². The number of aliphatic hydroxyl groups is 1. The lowest BCUT2D eigenvalue weighted by Crippen LogP contribution is -2.53. The van der Waals surface area contributed by atoms with E-state index in [1.807, 2.05) is 6.07 Å². The lowest BCUT2D eigenvalue weighted by Gasteiger charge is -2.44. The van der Waals surface area contributed by atoms with Crippen molar-refractivity contribution in [3.05, 3.63) is 35.9 Å². The molecule has 29 heavy (non-hydrogen) atoms. The number of piperidine rings is 1. The van der Waals surface area contributed by atoms with Crippen LogP contribution in [0.1, 0.15) is 63.0 Å². The van der Waals surface area contributed by atoms with Crippen LogP contribution in [0.4, 0.5) is 0 Å². The van der Waals surface area contributed by atoms with Gasteiger partial charge in [0, 0.05) is 32.6 Å². The Morgan fingerprint density at radius 1 is 1.00 bits per heavy atom. The standard InChI is InChI=1S/C24H36N2O3/c27-21-11-13-25(14-12-21)18-22-24(20-9-5-2-6-10-20)26(15-16-29-22)23(28)17-19-7-3-1-4-8-19/h2,5-6,9-10,19,21-22,24,27H,1,3-4,7-8,11-18H2/t22-,24-/m0/s1. The molecule has 2 heterocycles. The van der Waals surface area contributed by atoms with Gasteiger partial charge in [0.2, 0.25) is 5.91 Å². The first kappa shape index (κ1) is 20.8. The summed E-state index contributed by atoms with van der Waals surface area (Å²) in [5.74, 6) is 0.852. The number of ether oxygens (including phenoxy) is 1. The van der Waals surface area contributed by atoms with Crippen molar-refractivity contribution in [2.45, 2.75) is 69.6 Å². The number of carbonyl (C=O) groups excluding carboxylic acids is 1. The van der Waals surface area contributed by atoms with Gasteiger partial charge in [0.05, 0.1) is 24.9 Å². The highest BCUT2D eigenvalue weighted by molar-refractivity contribution is 5.77. The number of hydrogen-bond acceptors (Lipinski definition) is 4. The number of morpholine rings is 1. The Kier molecular flexibility index (Phi) is 7.22. The van der Waals surface area contributed by atoms with Gasteiger partial charge in [-0.1, -0.05) is 49.6 Å². The summed E-state index contributed by atoms with van der Waals surface area (Å²) >= 11 is 0. The minimum absolute atomic E-state index is 0.0169. The molecule has 2 aliphatic heterocycles. The minimum Gasteiger partial charge on any atom is -0.393 e. The second-order valence-corrected chi connectivity index (χ2v) is 9.09. The van der Waals surface area contributed by atoms with Crippen LogP contribution < -0.4 is 0 Å². The predicted octanol–water partition coefficient (Wildman–Crippen LogP) is 3.38. The fourth-order valence-electron chi connectivity index (χ4n) is 5.32. The van der Waals surface area contributed by atoms with Crippen LogP contribution in [0.2, 0.25) is 0 Å². The molecule has 1 aliphatic carbocycles. The predicted molar refractivity (Wildman–Crippen MR) is 114 cm³/mol. The molecule has 5 nitrogen and oxygen atoms in total. The van der Waals surface area contributed by atoms with E-state index in [1.165, 1.54) is 37.7 Å². The number of amides is 1. The molecule has 0 spiro atoms. The average molecular weight is 401 g/mol. The molecule has 5 heteroatoms. The fourth-order valence-corrected chi connectivity index (χ4v) is 5.32. The summed E-state index contributed by atoms with van der Waals surface area (Å²) in [6.45, 7) is 3.91. The van der Waals surface area contributed by atoms with E-state index in [-0.39, 0.29) is 18.2 Å². The van der Waals surface area contributed by atoms with Crippen molar-refractivity contribution >= 4 is 5.91 Å². The summed E-state index contributed by atoms with van der Waals surface area (Å²) < 4.78 is 6.25. The largest absolute Gasteiger partial charge is 0.393 e. The number of nitrogens with zero attached hydrogens (tertiary/aromatic N) is 2. The van der Waals surface area contributed by atoms with Gasteiger partial charge in [0.1, 0.15) is 0 Å². The average Bonchev–Trinajstić information content (AvgIpc) is 2.76. The van der Waals surface area contributed by atoms with E-state index >= 15 is 0 Å². The molecule has 3 fully saturated rings. The van der Waals surface area contributed by atoms with Crippen LogP contribution in [-0.2, 0) is 9.53 Å². The zero-order valence-corrected chi connectivity index (χ0v) is 17.5. The monoisotopic (exact) mass is 400 g/mol. The zero-order chi connectivity index (χ0) is 20.1. The third-order valence-corrected chi connectivity index (χ3v) is 7.00. The second-order valence-electron chi connectivity index (χ2n) is 9.09. The summed E-state index contributed by atoms with van der Waals surface area (Å²) in [7, 11) is 0. The van der Waals surface area contributed by atoms with E-state index in [4.69, 9.17) is 4.74 Å². The first-order valence-corrected chi connectivity index (χ1v) is 11.6. The van der Waals surface area contributed by atoms with Crippen LogP contribution in [0, 0.1) is 5.92 Å². The highest BCUT2D eigenvalue weighted by atomic mass is 16.5. The minimum atomic E-state index is -0.169. The highest BCUT2D eigenvalue weighted by Gasteiger charge is 2.38. The van der Waals surface area contributed by atoms with Gasteiger partial charge < -0.3 is 19.6 Å². The number of hydrogen-bond donors (Lipinski definition) is 1. The Labute approximate surface area is 175 Å². The Hall–Kier alpha value is -1.43. The van der Waals surface area contributed by atoms with Gasteiger partial charge in [-0.2, -0.15) is 0 Å². The molecule has 3 aliphatic rings. The van der Waals surface area contributed by atoms with E-state index in [2.05, 4.69) is 34.1 Å². The first-order valence-electron chi connectivity index (χ1n) is 11.6. The number of rotatable bonds is 5. The molecule has 1 saturated carbocycles. The lowest BCUT2D eigenvalue weighted by molar-refractivity contribution is -0.150. The number of aliphatic hydroxyl groups excluding tert-OH is 1. The maximum atomic E-state index is 13.4. The second kappa shape index (κ2) is 10.1. The van der Waals surface area contributed by atoms with Crippen LogP contribution in [0.5, 0.6) is 0 Å². The quantitative estimate of drug-likeness (QED) is 0.823. The third kappa shape index (κ3) is 5.39. The molecular formula is C24H36N2O3. The third-order valence-electron chi connectivity index (χ3n) is 7.00.